The van der Waals surface area contributed by atoms with Crippen LogP contribution in [-0.2, 0) is 14.2 Å². The molecule has 0 aliphatic rings. The van der Waals surface area contributed by atoms with Gasteiger partial charge in [0.05, 0.1) is 0 Å². The molecule has 1 rings (SSSR count). The Labute approximate surface area is 124 Å². The van der Waals surface area contributed by atoms with Gasteiger partial charge < -0.3 is 14.2 Å². The zero-order valence-electron chi connectivity index (χ0n) is 11.9. The fourth-order valence-electron chi connectivity index (χ4n) is 1.75. The second kappa shape index (κ2) is 8.79. The van der Waals surface area contributed by atoms with Gasteiger partial charge in [-0.1, -0.05) is 24.9 Å². The van der Waals surface area contributed by atoms with E-state index in [1.807, 2.05) is 6.92 Å². The van der Waals surface area contributed by atoms with Crippen molar-refractivity contribution in [3.63, 3.8) is 0 Å². The lowest BCUT2D eigenvalue weighted by Crippen LogP contribution is -2.35. The van der Waals surface area contributed by atoms with Crippen molar-refractivity contribution in [3.05, 3.63) is 29.3 Å². The summed E-state index contributed by atoms with van der Waals surface area (Å²) < 4.78 is 15.6. The van der Waals surface area contributed by atoms with Crippen LogP contribution in [-0.4, -0.2) is 32.7 Å². The molecular formula is C14H20ClNO4. The molecule has 0 aliphatic heterocycles. The third-order valence-electron chi connectivity index (χ3n) is 2.69. The number of carbonyl (C=O) groups excluding carboxylic acids is 1. The van der Waals surface area contributed by atoms with Crippen molar-refractivity contribution in [1.82, 2.24) is 0 Å². The monoisotopic (exact) mass is 301 g/mol. The van der Waals surface area contributed by atoms with Gasteiger partial charge in [0.2, 0.25) is 0 Å². The number of ether oxygens (including phenoxy) is 3. The topological polar surface area (TPSA) is 56.8 Å². The highest BCUT2D eigenvalue weighted by Crippen LogP contribution is 2.16. The zero-order chi connectivity index (χ0) is 15.0. The van der Waals surface area contributed by atoms with E-state index in [-0.39, 0.29) is 0 Å². The zero-order valence-corrected chi connectivity index (χ0v) is 12.6. The van der Waals surface area contributed by atoms with E-state index < -0.39 is 18.5 Å². The number of halogens is 1. The van der Waals surface area contributed by atoms with Gasteiger partial charge in [-0.05, 0) is 30.7 Å². The van der Waals surface area contributed by atoms with E-state index in [1.54, 1.807) is 24.3 Å². The van der Waals surface area contributed by atoms with Gasteiger partial charge in [0.25, 0.3) is 0 Å². The molecule has 0 saturated heterocycles. The van der Waals surface area contributed by atoms with Crippen molar-refractivity contribution in [2.24, 2.45) is 0 Å². The summed E-state index contributed by atoms with van der Waals surface area (Å²) in [6.45, 7) is 2.00. The lowest BCUT2D eigenvalue weighted by Gasteiger charge is -2.24. The number of anilines is 1. The maximum Gasteiger partial charge on any atom is 0.412 e. The SMILES string of the molecule is CCCC(OC(=O)Nc1ccc(Cl)cc1)C(OC)OC. The maximum absolute atomic E-state index is 11.8. The largest absolute Gasteiger partial charge is 0.441 e. The summed E-state index contributed by atoms with van der Waals surface area (Å²) in [5, 5.41) is 3.23. The van der Waals surface area contributed by atoms with E-state index in [1.165, 1.54) is 14.2 Å². The first-order valence-electron chi connectivity index (χ1n) is 6.39. The molecule has 0 fully saturated rings. The highest BCUT2D eigenvalue weighted by molar-refractivity contribution is 6.30. The molecule has 1 amide bonds. The second-order valence-electron chi connectivity index (χ2n) is 4.20. The Morgan fingerprint density at radius 3 is 2.35 bits per heavy atom. The van der Waals surface area contributed by atoms with E-state index in [2.05, 4.69) is 5.32 Å². The van der Waals surface area contributed by atoms with Crippen LogP contribution in [0.2, 0.25) is 5.02 Å². The molecule has 1 aromatic rings. The van der Waals surface area contributed by atoms with Crippen LogP contribution in [0.25, 0.3) is 0 Å². The molecule has 6 heteroatoms. The number of carbonyl (C=O) groups is 1. The average molecular weight is 302 g/mol. The Kier molecular flexibility index (Phi) is 7.36. The van der Waals surface area contributed by atoms with Gasteiger partial charge in [-0.25, -0.2) is 4.79 Å². The quantitative estimate of drug-likeness (QED) is 0.781. The average Bonchev–Trinajstić information content (AvgIpc) is 2.43. The van der Waals surface area contributed by atoms with Crippen LogP contribution in [0.3, 0.4) is 0 Å². The molecule has 1 unspecified atom stereocenters. The van der Waals surface area contributed by atoms with E-state index in [0.29, 0.717) is 17.1 Å². The van der Waals surface area contributed by atoms with E-state index >= 15 is 0 Å². The number of hydrogen-bond acceptors (Lipinski definition) is 4. The number of methoxy groups -OCH3 is 2. The fraction of sp³-hybridized carbons (Fsp3) is 0.500. The predicted octanol–water partition coefficient (Wildman–Crippen LogP) is 3.68. The van der Waals surface area contributed by atoms with Crippen molar-refractivity contribution in [2.45, 2.75) is 32.2 Å². The van der Waals surface area contributed by atoms with Crippen LogP contribution >= 0.6 is 11.6 Å². The van der Waals surface area contributed by atoms with Crippen molar-refractivity contribution in [3.8, 4) is 0 Å². The Morgan fingerprint density at radius 2 is 1.85 bits per heavy atom. The van der Waals surface area contributed by atoms with Crippen molar-refractivity contribution in [2.75, 3.05) is 19.5 Å². The summed E-state index contributed by atoms with van der Waals surface area (Å²) in [5.41, 5.74) is 0.612. The number of nitrogens with one attached hydrogen (secondary N) is 1. The van der Waals surface area contributed by atoms with Crippen molar-refractivity contribution < 1.29 is 19.0 Å². The maximum atomic E-state index is 11.8. The molecule has 0 aromatic heterocycles. The van der Waals surface area contributed by atoms with Crippen molar-refractivity contribution in [1.29, 1.82) is 0 Å². The minimum atomic E-state index is -0.578. The van der Waals surface area contributed by atoms with Gasteiger partial charge in [-0.3, -0.25) is 5.32 Å². The molecule has 0 bridgehead atoms. The Hall–Kier alpha value is -1.30. The van der Waals surface area contributed by atoms with E-state index in [4.69, 9.17) is 25.8 Å². The molecule has 1 aromatic carbocycles. The highest BCUT2D eigenvalue weighted by Gasteiger charge is 2.24. The number of hydrogen-bond donors (Lipinski definition) is 1. The first-order chi connectivity index (χ1) is 9.60. The predicted molar refractivity (Wildman–Crippen MR) is 78.1 cm³/mol. The van der Waals surface area contributed by atoms with E-state index in [0.717, 1.165) is 6.42 Å². The molecule has 0 heterocycles. The smallest absolute Gasteiger partial charge is 0.412 e. The molecule has 0 spiro atoms. The third kappa shape index (κ3) is 5.36. The first kappa shape index (κ1) is 16.8. The molecule has 5 nitrogen and oxygen atoms in total. The fourth-order valence-corrected chi connectivity index (χ4v) is 1.88. The molecule has 112 valence electrons. The second-order valence-corrected chi connectivity index (χ2v) is 4.64. The number of rotatable bonds is 7. The molecule has 0 saturated carbocycles. The molecular weight excluding hydrogens is 282 g/mol. The van der Waals surface area contributed by atoms with Crippen LogP contribution in [0.15, 0.2) is 24.3 Å². The third-order valence-corrected chi connectivity index (χ3v) is 2.94. The minimum Gasteiger partial charge on any atom is -0.441 e. The lowest BCUT2D eigenvalue weighted by atomic mass is 10.2. The summed E-state index contributed by atoms with van der Waals surface area (Å²) in [6, 6.07) is 6.77. The van der Waals surface area contributed by atoms with Gasteiger partial charge >= 0.3 is 6.09 Å². The summed E-state index contributed by atoms with van der Waals surface area (Å²) in [4.78, 5) is 11.8. The normalized spacial score (nSPS) is 12.2. The number of benzene rings is 1. The van der Waals surface area contributed by atoms with Gasteiger partial charge in [0, 0.05) is 24.9 Å². The summed E-state index contributed by atoms with van der Waals surface area (Å²) in [5.74, 6) is 0. The standard InChI is InChI=1S/C14H20ClNO4/c1-4-5-12(13(18-2)19-3)20-14(17)16-11-8-6-10(15)7-9-11/h6-9,12-13H,4-5H2,1-3H3,(H,16,17). The minimum absolute atomic E-state index is 0.456. The van der Waals surface area contributed by atoms with E-state index in [9.17, 15) is 4.79 Å². The summed E-state index contributed by atoms with van der Waals surface area (Å²) in [7, 11) is 3.02. The Bertz CT molecular complexity index is 406. The Morgan fingerprint density at radius 1 is 1.25 bits per heavy atom. The van der Waals surface area contributed by atoms with Gasteiger partial charge in [-0.2, -0.15) is 0 Å². The van der Waals surface area contributed by atoms with Crippen molar-refractivity contribution >= 4 is 23.4 Å². The van der Waals surface area contributed by atoms with Crippen LogP contribution in [0.1, 0.15) is 19.8 Å². The first-order valence-corrected chi connectivity index (χ1v) is 6.77. The highest BCUT2D eigenvalue weighted by atomic mass is 35.5. The summed E-state index contributed by atoms with van der Waals surface area (Å²) >= 11 is 5.78. The van der Waals surface area contributed by atoms with Gasteiger partial charge in [-0.15, -0.1) is 0 Å². The number of amides is 1. The summed E-state index contributed by atoms with van der Waals surface area (Å²) in [6.07, 6.45) is -0.0826. The van der Waals surface area contributed by atoms with Gasteiger partial charge in [0.15, 0.2) is 12.4 Å². The molecule has 0 aliphatic carbocycles. The molecule has 1 atom stereocenters. The molecule has 1 N–H and O–H groups in total. The Balaban J connectivity index is 2.59. The molecule has 0 radical (unpaired) electrons. The molecule has 20 heavy (non-hydrogen) atoms. The van der Waals surface area contributed by atoms with Gasteiger partial charge in [0.1, 0.15) is 0 Å². The van der Waals surface area contributed by atoms with Crippen LogP contribution in [0, 0.1) is 0 Å². The van der Waals surface area contributed by atoms with Crippen LogP contribution < -0.4 is 5.32 Å². The van der Waals surface area contributed by atoms with Crippen LogP contribution in [0.4, 0.5) is 10.5 Å². The lowest BCUT2D eigenvalue weighted by molar-refractivity contribution is -0.164. The van der Waals surface area contributed by atoms with Crippen LogP contribution in [0.5, 0.6) is 0 Å².